The molecule has 7 heteroatoms. The van der Waals surface area contributed by atoms with Gasteiger partial charge in [0.05, 0.1) is 11.7 Å². The maximum atomic E-state index is 12.8. The summed E-state index contributed by atoms with van der Waals surface area (Å²) in [7, 11) is 1.60. The molecule has 0 aliphatic carbocycles. The summed E-state index contributed by atoms with van der Waals surface area (Å²) in [5.74, 6) is -0.420. The van der Waals surface area contributed by atoms with Crippen LogP contribution in [0.5, 0.6) is 0 Å². The van der Waals surface area contributed by atoms with Crippen molar-refractivity contribution in [1.82, 2.24) is 4.90 Å². The van der Waals surface area contributed by atoms with Crippen molar-refractivity contribution >= 4 is 5.91 Å². The molecule has 0 bridgehead atoms. The molecule has 1 fully saturated rings. The highest BCUT2D eigenvalue weighted by molar-refractivity contribution is 5.94. The Morgan fingerprint density at radius 3 is 2.77 bits per heavy atom. The number of piperidine rings is 1. The van der Waals surface area contributed by atoms with Crippen molar-refractivity contribution in [2.75, 3.05) is 20.2 Å². The van der Waals surface area contributed by atoms with Crippen LogP contribution in [0.25, 0.3) is 0 Å². The average Bonchev–Trinajstić information content (AvgIpc) is 2.52. The second kappa shape index (κ2) is 6.66. The van der Waals surface area contributed by atoms with Gasteiger partial charge in [-0.1, -0.05) is 6.07 Å². The lowest BCUT2D eigenvalue weighted by Gasteiger charge is -2.38. The predicted molar refractivity (Wildman–Crippen MR) is 75.4 cm³/mol. The topological polar surface area (TPSA) is 55.6 Å². The molecule has 2 rings (SSSR count). The molecule has 22 heavy (non-hydrogen) atoms. The highest BCUT2D eigenvalue weighted by atomic mass is 19.4. The third-order valence-corrected chi connectivity index (χ3v) is 3.97. The van der Waals surface area contributed by atoms with E-state index in [9.17, 15) is 18.0 Å². The number of halogens is 3. The molecule has 1 aliphatic heterocycles. The normalized spacial score (nSPS) is 22.7. The minimum atomic E-state index is -4.47. The second-order valence-electron chi connectivity index (χ2n) is 5.35. The number of hydrogen-bond donors (Lipinski definition) is 1. The SMILES string of the molecule is COC1CCN(C(=O)c2cccc(C(F)(F)F)c2)C(CN)C1. The minimum Gasteiger partial charge on any atom is -0.381 e. The Morgan fingerprint density at radius 2 is 2.18 bits per heavy atom. The first-order valence-corrected chi connectivity index (χ1v) is 7.08. The molecule has 0 spiro atoms. The maximum absolute atomic E-state index is 12.8. The number of methoxy groups -OCH3 is 1. The Kier molecular flexibility index (Phi) is 5.08. The maximum Gasteiger partial charge on any atom is 0.416 e. The van der Waals surface area contributed by atoms with Crippen molar-refractivity contribution in [3.05, 3.63) is 35.4 Å². The van der Waals surface area contributed by atoms with Gasteiger partial charge in [0.15, 0.2) is 0 Å². The van der Waals surface area contributed by atoms with Gasteiger partial charge >= 0.3 is 6.18 Å². The monoisotopic (exact) mass is 316 g/mol. The third kappa shape index (κ3) is 3.59. The van der Waals surface area contributed by atoms with Gasteiger partial charge in [0.25, 0.3) is 5.91 Å². The predicted octanol–water partition coefficient (Wildman–Crippen LogP) is 2.28. The van der Waals surface area contributed by atoms with Crippen LogP contribution < -0.4 is 5.73 Å². The van der Waals surface area contributed by atoms with Crippen LogP contribution in [0.3, 0.4) is 0 Å². The second-order valence-corrected chi connectivity index (χ2v) is 5.35. The van der Waals surface area contributed by atoms with Gasteiger partial charge in [-0.3, -0.25) is 4.79 Å². The van der Waals surface area contributed by atoms with Crippen LogP contribution in [-0.4, -0.2) is 43.2 Å². The molecule has 1 aliphatic rings. The number of likely N-dealkylation sites (tertiary alicyclic amines) is 1. The van der Waals surface area contributed by atoms with Crippen molar-refractivity contribution < 1.29 is 22.7 Å². The number of nitrogens with two attached hydrogens (primary N) is 1. The summed E-state index contributed by atoms with van der Waals surface area (Å²) in [5.41, 5.74) is 4.90. The van der Waals surface area contributed by atoms with Gasteiger partial charge in [-0.05, 0) is 31.0 Å². The van der Waals surface area contributed by atoms with Crippen molar-refractivity contribution in [2.45, 2.75) is 31.2 Å². The first-order chi connectivity index (χ1) is 10.4. The lowest BCUT2D eigenvalue weighted by Crippen LogP contribution is -2.51. The zero-order valence-electron chi connectivity index (χ0n) is 12.3. The van der Waals surface area contributed by atoms with E-state index in [0.717, 1.165) is 12.1 Å². The molecular formula is C15H19F3N2O2. The summed E-state index contributed by atoms with van der Waals surface area (Å²) in [5, 5.41) is 0. The van der Waals surface area contributed by atoms with Gasteiger partial charge < -0.3 is 15.4 Å². The van der Waals surface area contributed by atoms with Crippen LogP contribution in [0, 0.1) is 0 Å². The molecule has 4 nitrogen and oxygen atoms in total. The van der Waals surface area contributed by atoms with E-state index in [-0.39, 0.29) is 24.3 Å². The minimum absolute atomic E-state index is 0.0270. The molecule has 0 radical (unpaired) electrons. The first-order valence-electron chi connectivity index (χ1n) is 7.08. The Bertz CT molecular complexity index is 534. The van der Waals surface area contributed by atoms with E-state index in [4.69, 9.17) is 10.5 Å². The standard InChI is InChI=1S/C15H19F3N2O2/c1-22-13-5-6-20(12(8-13)9-19)14(21)10-3-2-4-11(7-10)15(16,17)18/h2-4,7,12-13H,5-6,8-9,19H2,1H3. The molecule has 1 saturated heterocycles. The van der Waals surface area contributed by atoms with Crippen LogP contribution in [0.4, 0.5) is 13.2 Å². The molecular weight excluding hydrogens is 297 g/mol. The zero-order valence-corrected chi connectivity index (χ0v) is 12.3. The number of nitrogens with zero attached hydrogens (tertiary/aromatic N) is 1. The quantitative estimate of drug-likeness (QED) is 0.931. The summed E-state index contributed by atoms with van der Waals surface area (Å²) in [4.78, 5) is 14.1. The van der Waals surface area contributed by atoms with Gasteiger partial charge in [-0.15, -0.1) is 0 Å². The van der Waals surface area contributed by atoms with Crippen LogP contribution in [0.2, 0.25) is 0 Å². The fraction of sp³-hybridized carbons (Fsp3) is 0.533. The Hall–Kier alpha value is -1.60. The van der Waals surface area contributed by atoms with E-state index in [2.05, 4.69) is 0 Å². The van der Waals surface area contributed by atoms with Crippen molar-refractivity contribution in [1.29, 1.82) is 0 Å². The molecule has 1 aromatic rings. The van der Waals surface area contributed by atoms with E-state index in [0.29, 0.717) is 19.4 Å². The first kappa shape index (κ1) is 16.8. The number of benzene rings is 1. The zero-order chi connectivity index (χ0) is 16.3. The Balaban J connectivity index is 2.20. The Morgan fingerprint density at radius 1 is 1.45 bits per heavy atom. The van der Waals surface area contributed by atoms with Gasteiger partial charge in [0.2, 0.25) is 0 Å². The molecule has 2 atom stereocenters. The van der Waals surface area contributed by atoms with Crippen LogP contribution in [-0.2, 0) is 10.9 Å². The molecule has 0 saturated carbocycles. The lowest BCUT2D eigenvalue weighted by atomic mass is 9.98. The molecule has 0 aromatic heterocycles. The fourth-order valence-electron chi connectivity index (χ4n) is 2.71. The fourth-order valence-corrected chi connectivity index (χ4v) is 2.71. The highest BCUT2D eigenvalue weighted by Crippen LogP contribution is 2.30. The number of hydrogen-bond acceptors (Lipinski definition) is 3. The number of carbonyl (C=O) groups excluding carboxylic acids is 1. The van der Waals surface area contributed by atoms with Gasteiger partial charge in [-0.2, -0.15) is 13.2 Å². The number of amides is 1. The largest absolute Gasteiger partial charge is 0.416 e. The van der Waals surface area contributed by atoms with Gasteiger partial charge in [0, 0.05) is 31.8 Å². The third-order valence-electron chi connectivity index (χ3n) is 3.97. The Labute approximate surface area is 127 Å². The summed E-state index contributed by atoms with van der Waals surface area (Å²) in [6, 6.07) is 4.26. The van der Waals surface area contributed by atoms with Crippen molar-refractivity contribution in [3.8, 4) is 0 Å². The van der Waals surface area contributed by atoms with E-state index in [1.165, 1.54) is 12.1 Å². The number of alkyl halides is 3. The molecule has 2 N–H and O–H groups in total. The molecule has 122 valence electrons. The molecule has 1 amide bonds. The van der Waals surface area contributed by atoms with Crippen LogP contribution in [0.15, 0.2) is 24.3 Å². The van der Waals surface area contributed by atoms with Gasteiger partial charge in [-0.25, -0.2) is 0 Å². The molecule has 2 unspecified atom stereocenters. The summed E-state index contributed by atoms with van der Waals surface area (Å²) < 4.78 is 43.5. The molecule has 1 aromatic carbocycles. The van der Waals surface area contributed by atoms with Crippen LogP contribution in [0.1, 0.15) is 28.8 Å². The van der Waals surface area contributed by atoms with E-state index < -0.39 is 17.6 Å². The smallest absolute Gasteiger partial charge is 0.381 e. The lowest BCUT2D eigenvalue weighted by molar-refractivity contribution is -0.137. The average molecular weight is 316 g/mol. The number of carbonyl (C=O) groups is 1. The molecule has 1 heterocycles. The number of ether oxygens (including phenoxy) is 1. The number of rotatable bonds is 3. The highest BCUT2D eigenvalue weighted by Gasteiger charge is 2.34. The van der Waals surface area contributed by atoms with Crippen molar-refractivity contribution in [3.63, 3.8) is 0 Å². The van der Waals surface area contributed by atoms with E-state index in [1.54, 1.807) is 12.0 Å². The van der Waals surface area contributed by atoms with Gasteiger partial charge in [0.1, 0.15) is 0 Å². The summed E-state index contributed by atoms with van der Waals surface area (Å²) in [6.07, 6.45) is -3.19. The van der Waals surface area contributed by atoms with Crippen LogP contribution >= 0.6 is 0 Å². The van der Waals surface area contributed by atoms with E-state index in [1.807, 2.05) is 0 Å². The summed E-state index contributed by atoms with van der Waals surface area (Å²) in [6.45, 7) is 0.681. The van der Waals surface area contributed by atoms with E-state index >= 15 is 0 Å². The van der Waals surface area contributed by atoms with Crippen molar-refractivity contribution in [2.24, 2.45) is 5.73 Å². The summed E-state index contributed by atoms with van der Waals surface area (Å²) >= 11 is 0.